The highest BCUT2D eigenvalue weighted by Crippen LogP contribution is 2.19. The maximum Gasteiger partial charge on any atom is 0.306 e. The summed E-state index contributed by atoms with van der Waals surface area (Å²) in [7, 11) is 4.86. The molecule has 0 saturated carbocycles. The van der Waals surface area contributed by atoms with Crippen molar-refractivity contribution in [1.29, 1.82) is 0 Å². The van der Waals surface area contributed by atoms with E-state index in [1.54, 1.807) is 12.0 Å². The number of nitrogens with zero attached hydrogens (tertiary/aromatic N) is 2. The molecule has 0 N–H and O–H groups in total. The number of ether oxygens (including phenoxy) is 2. The van der Waals surface area contributed by atoms with Crippen molar-refractivity contribution in [3.63, 3.8) is 0 Å². The van der Waals surface area contributed by atoms with Crippen molar-refractivity contribution < 1.29 is 19.1 Å². The Hall–Kier alpha value is -2.08. The average Bonchev–Trinajstić information content (AvgIpc) is 2.70. The molecule has 2 rings (SSSR count). The van der Waals surface area contributed by atoms with E-state index in [1.807, 2.05) is 19.2 Å². The van der Waals surface area contributed by atoms with Gasteiger partial charge in [-0.15, -0.1) is 0 Å². The summed E-state index contributed by atoms with van der Waals surface area (Å²) < 4.78 is 9.80. The van der Waals surface area contributed by atoms with E-state index in [2.05, 4.69) is 21.8 Å². The van der Waals surface area contributed by atoms with Gasteiger partial charge < -0.3 is 19.3 Å². The standard InChI is InChI=1S/C21H32N2O4/c1-22(20(24)10-11-21(25)27-3)15-18-5-4-13-23(16-18)14-12-17-6-8-19(26-2)9-7-17/h6-9,18H,4-5,10-16H2,1-3H3. The van der Waals surface area contributed by atoms with E-state index in [0.29, 0.717) is 5.92 Å². The second kappa shape index (κ2) is 10.9. The Morgan fingerprint density at radius 1 is 1.19 bits per heavy atom. The molecular formula is C21H32N2O4. The lowest BCUT2D eigenvalue weighted by molar-refractivity contribution is -0.143. The SMILES string of the molecule is COC(=O)CCC(=O)N(C)CC1CCCN(CCc2ccc(OC)cc2)C1. The zero-order valence-corrected chi connectivity index (χ0v) is 16.8. The maximum absolute atomic E-state index is 12.2. The molecule has 27 heavy (non-hydrogen) atoms. The molecule has 1 unspecified atom stereocenters. The highest BCUT2D eigenvalue weighted by atomic mass is 16.5. The second-order valence-electron chi connectivity index (χ2n) is 7.26. The smallest absolute Gasteiger partial charge is 0.306 e. The van der Waals surface area contributed by atoms with Gasteiger partial charge in [0.15, 0.2) is 0 Å². The van der Waals surface area contributed by atoms with Crippen LogP contribution in [0.25, 0.3) is 0 Å². The second-order valence-corrected chi connectivity index (χ2v) is 7.26. The van der Waals surface area contributed by atoms with Crippen molar-refractivity contribution in [2.24, 2.45) is 5.92 Å². The van der Waals surface area contributed by atoms with Gasteiger partial charge >= 0.3 is 5.97 Å². The number of carbonyl (C=O) groups excluding carboxylic acids is 2. The van der Waals surface area contributed by atoms with E-state index in [1.165, 1.54) is 12.7 Å². The van der Waals surface area contributed by atoms with Gasteiger partial charge in [0, 0.05) is 33.1 Å². The van der Waals surface area contributed by atoms with Crippen LogP contribution in [0.5, 0.6) is 5.75 Å². The zero-order valence-electron chi connectivity index (χ0n) is 16.8. The van der Waals surface area contributed by atoms with Crippen molar-refractivity contribution >= 4 is 11.9 Å². The maximum atomic E-state index is 12.2. The molecule has 1 atom stereocenters. The number of hydrogen-bond acceptors (Lipinski definition) is 5. The van der Waals surface area contributed by atoms with E-state index in [0.717, 1.165) is 51.2 Å². The van der Waals surface area contributed by atoms with E-state index in [-0.39, 0.29) is 24.7 Å². The number of carbonyl (C=O) groups is 2. The quantitative estimate of drug-likeness (QED) is 0.619. The van der Waals surface area contributed by atoms with E-state index >= 15 is 0 Å². The average molecular weight is 376 g/mol. The summed E-state index contributed by atoms with van der Waals surface area (Å²) in [6, 6.07) is 8.24. The molecule has 6 nitrogen and oxygen atoms in total. The Morgan fingerprint density at radius 2 is 1.93 bits per heavy atom. The minimum absolute atomic E-state index is 0.00996. The molecule has 1 heterocycles. The third-order valence-corrected chi connectivity index (χ3v) is 5.21. The molecule has 6 heteroatoms. The predicted molar refractivity (Wildman–Crippen MR) is 105 cm³/mol. The van der Waals surface area contributed by atoms with Crippen molar-refractivity contribution in [2.45, 2.75) is 32.1 Å². The topological polar surface area (TPSA) is 59.1 Å². The first-order valence-electron chi connectivity index (χ1n) is 9.68. The molecule has 0 spiro atoms. The molecule has 1 fully saturated rings. The number of hydrogen-bond donors (Lipinski definition) is 0. The minimum atomic E-state index is -0.334. The molecule has 0 radical (unpaired) electrons. The summed E-state index contributed by atoms with van der Waals surface area (Å²) in [6.07, 6.45) is 3.70. The van der Waals surface area contributed by atoms with Crippen molar-refractivity contribution in [3.05, 3.63) is 29.8 Å². The summed E-state index contributed by atoms with van der Waals surface area (Å²) in [4.78, 5) is 27.6. The van der Waals surface area contributed by atoms with E-state index in [9.17, 15) is 9.59 Å². The highest BCUT2D eigenvalue weighted by Gasteiger charge is 2.22. The van der Waals surface area contributed by atoms with E-state index in [4.69, 9.17) is 4.74 Å². The Bertz CT molecular complexity index is 603. The molecule has 0 aromatic heterocycles. The van der Waals surface area contributed by atoms with Gasteiger partial charge in [0.25, 0.3) is 0 Å². The Morgan fingerprint density at radius 3 is 2.59 bits per heavy atom. The summed E-state index contributed by atoms with van der Waals surface area (Å²) >= 11 is 0. The molecular weight excluding hydrogens is 344 g/mol. The van der Waals surface area contributed by atoms with Crippen LogP contribution in [0.4, 0.5) is 0 Å². The molecule has 1 saturated heterocycles. The van der Waals surface area contributed by atoms with Crippen LogP contribution in [0.2, 0.25) is 0 Å². The number of piperidine rings is 1. The molecule has 1 aliphatic rings. The lowest BCUT2D eigenvalue weighted by atomic mass is 9.97. The van der Waals surface area contributed by atoms with Crippen molar-refractivity contribution in [2.75, 3.05) is 47.4 Å². The van der Waals surface area contributed by atoms with Crippen LogP contribution in [0.3, 0.4) is 0 Å². The van der Waals surface area contributed by atoms with Crippen LogP contribution in [0.15, 0.2) is 24.3 Å². The number of benzene rings is 1. The fourth-order valence-corrected chi connectivity index (χ4v) is 3.57. The highest BCUT2D eigenvalue weighted by molar-refractivity contribution is 5.81. The lowest BCUT2D eigenvalue weighted by Crippen LogP contribution is -2.42. The van der Waals surface area contributed by atoms with Gasteiger partial charge in [-0.3, -0.25) is 9.59 Å². The largest absolute Gasteiger partial charge is 0.497 e. The van der Waals surface area contributed by atoms with Crippen LogP contribution in [-0.2, 0) is 20.7 Å². The molecule has 0 aliphatic carbocycles. The molecule has 150 valence electrons. The molecule has 0 bridgehead atoms. The monoisotopic (exact) mass is 376 g/mol. The Kier molecular flexibility index (Phi) is 8.58. The first-order chi connectivity index (χ1) is 13.0. The first kappa shape index (κ1) is 21.2. The van der Waals surface area contributed by atoms with Crippen LogP contribution >= 0.6 is 0 Å². The third-order valence-electron chi connectivity index (χ3n) is 5.21. The summed E-state index contributed by atoms with van der Waals surface area (Å²) in [5, 5.41) is 0. The fraction of sp³-hybridized carbons (Fsp3) is 0.619. The van der Waals surface area contributed by atoms with Crippen molar-refractivity contribution in [1.82, 2.24) is 9.80 Å². The number of amides is 1. The fourth-order valence-electron chi connectivity index (χ4n) is 3.57. The number of likely N-dealkylation sites (tertiary alicyclic amines) is 1. The molecule has 1 aromatic carbocycles. The summed E-state index contributed by atoms with van der Waals surface area (Å²) in [6.45, 7) is 3.92. The zero-order chi connectivity index (χ0) is 19.6. The van der Waals surface area contributed by atoms with Crippen molar-refractivity contribution in [3.8, 4) is 5.75 Å². The van der Waals surface area contributed by atoms with Crippen LogP contribution in [-0.4, -0.2) is 69.1 Å². The van der Waals surface area contributed by atoms with Gasteiger partial charge in [-0.05, 0) is 49.4 Å². The Labute approximate surface area is 162 Å². The van der Waals surface area contributed by atoms with Crippen LogP contribution in [0.1, 0.15) is 31.2 Å². The van der Waals surface area contributed by atoms with Gasteiger partial charge in [-0.1, -0.05) is 12.1 Å². The summed E-state index contributed by atoms with van der Waals surface area (Å²) in [5.41, 5.74) is 1.31. The summed E-state index contributed by atoms with van der Waals surface area (Å²) in [5.74, 6) is 1.05. The van der Waals surface area contributed by atoms with E-state index < -0.39 is 0 Å². The van der Waals surface area contributed by atoms with Gasteiger partial charge in [-0.2, -0.15) is 0 Å². The first-order valence-corrected chi connectivity index (χ1v) is 9.68. The molecule has 1 aromatic rings. The van der Waals surface area contributed by atoms with Gasteiger partial charge in [0.2, 0.25) is 5.91 Å². The normalized spacial score (nSPS) is 17.4. The molecule has 1 amide bonds. The third kappa shape index (κ3) is 7.21. The minimum Gasteiger partial charge on any atom is -0.497 e. The van der Waals surface area contributed by atoms with Gasteiger partial charge in [-0.25, -0.2) is 0 Å². The number of rotatable bonds is 9. The van der Waals surface area contributed by atoms with Gasteiger partial charge in [0.05, 0.1) is 20.6 Å². The van der Waals surface area contributed by atoms with Crippen LogP contribution < -0.4 is 4.74 Å². The molecule has 1 aliphatic heterocycles. The van der Waals surface area contributed by atoms with Crippen LogP contribution in [0, 0.1) is 5.92 Å². The number of esters is 1. The lowest BCUT2D eigenvalue weighted by Gasteiger charge is -2.34. The Balaban J connectivity index is 1.74. The predicted octanol–water partition coefficient (Wildman–Crippen LogP) is 2.36. The number of methoxy groups -OCH3 is 2. The van der Waals surface area contributed by atoms with Gasteiger partial charge in [0.1, 0.15) is 5.75 Å².